The highest BCUT2D eigenvalue weighted by Crippen LogP contribution is 2.32. The van der Waals surface area contributed by atoms with E-state index in [0.29, 0.717) is 0 Å². The van der Waals surface area contributed by atoms with Crippen molar-refractivity contribution in [3.8, 4) is 0 Å². The van der Waals surface area contributed by atoms with Crippen molar-refractivity contribution in [2.24, 2.45) is 0 Å². The molecule has 0 fully saturated rings. The minimum Gasteiger partial charge on any atom is -0.465 e. The highest BCUT2D eigenvalue weighted by atomic mass is 32.2. The number of Topliss-reactive ketones (excluding diaryl/α,β-unsaturated/α-hetero) is 1. The predicted octanol–water partition coefficient (Wildman–Crippen LogP) is 3.32. The van der Waals surface area contributed by atoms with Gasteiger partial charge in [-0.15, -0.1) is 0 Å². The Labute approximate surface area is 162 Å². The molecule has 0 saturated carbocycles. The topological polar surface area (TPSA) is 77.5 Å². The Kier molecular flexibility index (Phi) is 6.41. The molecule has 0 aliphatic rings. The third-order valence-electron chi connectivity index (χ3n) is 3.88. The first kappa shape index (κ1) is 22.5. The van der Waals surface area contributed by atoms with Gasteiger partial charge in [-0.2, -0.15) is 0 Å². The largest absolute Gasteiger partial charge is 0.465 e. The average Bonchev–Trinajstić information content (AvgIpc) is 2.67. The maximum atomic E-state index is 14.2. The van der Waals surface area contributed by atoms with Gasteiger partial charge in [0, 0.05) is 11.8 Å². The van der Waals surface area contributed by atoms with Gasteiger partial charge in [0.25, 0.3) is 0 Å². The van der Waals surface area contributed by atoms with Gasteiger partial charge in [0.1, 0.15) is 0 Å². The van der Waals surface area contributed by atoms with Crippen molar-refractivity contribution in [1.29, 1.82) is 0 Å². The van der Waals surface area contributed by atoms with Crippen LogP contribution in [0.1, 0.15) is 28.8 Å². The van der Waals surface area contributed by atoms with E-state index in [9.17, 15) is 40.0 Å². The monoisotopic (exact) mass is 436 g/mol. The molecule has 2 rings (SSSR count). The molecule has 5 nitrogen and oxygen atoms in total. The van der Waals surface area contributed by atoms with Crippen molar-refractivity contribution < 1.29 is 44.7 Å². The van der Waals surface area contributed by atoms with Gasteiger partial charge in [0.15, 0.2) is 44.8 Å². The van der Waals surface area contributed by atoms with Crippen LogP contribution >= 0.6 is 0 Å². The van der Waals surface area contributed by atoms with E-state index in [0.717, 1.165) is 30.5 Å². The lowest BCUT2D eigenvalue weighted by atomic mass is 9.89. The van der Waals surface area contributed by atoms with Crippen LogP contribution in [0.15, 0.2) is 29.2 Å². The van der Waals surface area contributed by atoms with Gasteiger partial charge in [-0.3, -0.25) is 9.59 Å². The van der Waals surface area contributed by atoms with Crippen LogP contribution < -0.4 is 0 Å². The molecule has 0 radical (unpaired) electrons. The van der Waals surface area contributed by atoms with Crippen molar-refractivity contribution in [3.63, 3.8) is 0 Å². The summed E-state index contributed by atoms with van der Waals surface area (Å²) >= 11 is 0. The minimum absolute atomic E-state index is 0.196. The fraction of sp³-hybridized carbons (Fsp3) is 0.222. The zero-order valence-corrected chi connectivity index (χ0v) is 15.7. The summed E-state index contributed by atoms with van der Waals surface area (Å²) in [6.07, 6.45) is 0.889. The maximum absolute atomic E-state index is 14.2. The normalized spacial score (nSPS) is 12.5. The van der Waals surface area contributed by atoms with Gasteiger partial charge < -0.3 is 4.74 Å². The van der Waals surface area contributed by atoms with Gasteiger partial charge in [-0.05, 0) is 19.1 Å². The first-order chi connectivity index (χ1) is 13.4. The molecule has 0 spiro atoms. The Bertz CT molecular complexity index is 1050. The average molecular weight is 436 g/mol. The SMILES string of the molecule is CCOC(=O)C(C(=O)c1ccc(S(C)(=O)=O)cc1)c1c(F)c(F)c(F)c(F)c1F. The van der Waals surface area contributed by atoms with Crippen LogP contribution in [-0.2, 0) is 19.4 Å². The smallest absolute Gasteiger partial charge is 0.321 e. The van der Waals surface area contributed by atoms with Crippen molar-refractivity contribution in [2.75, 3.05) is 12.9 Å². The molecule has 0 bridgehead atoms. The summed E-state index contributed by atoms with van der Waals surface area (Å²) in [6, 6.07) is 3.86. The highest BCUT2D eigenvalue weighted by Gasteiger charge is 2.39. The minimum atomic E-state index is -3.64. The van der Waals surface area contributed by atoms with E-state index in [1.54, 1.807) is 0 Å². The second kappa shape index (κ2) is 8.27. The molecule has 1 atom stereocenters. The number of sulfone groups is 1. The van der Waals surface area contributed by atoms with E-state index < -0.39 is 67.7 Å². The zero-order valence-electron chi connectivity index (χ0n) is 14.9. The molecule has 0 N–H and O–H groups in total. The lowest BCUT2D eigenvalue weighted by molar-refractivity contribution is -0.143. The number of ketones is 1. The van der Waals surface area contributed by atoms with Gasteiger partial charge >= 0.3 is 5.97 Å². The Morgan fingerprint density at radius 1 is 0.897 bits per heavy atom. The molecule has 0 amide bonds. The molecule has 29 heavy (non-hydrogen) atoms. The number of rotatable bonds is 6. The maximum Gasteiger partial charge on any atom is 0.321 e. The molecule has 0 heterocycles. The van der Waals surface area contributed by atoms with E-state index in [-0.39, 0.29) is 11.5 Å². The number of hydrogen-bond donors (Lipinski definition) is 0. The molecule has 156 valence electrons. The van der Waals surface area contributed by atoms with Crippen molar-refractivity contribution >= 4 is 21.6 Å². The number of halogens is 5. The second-order valence-electron chi connectivity index (χ2n) is 5.83. The van der Waals surface area contributed by atoms with Crippen LogP contribution in [0.25, 0.3) is 0 Å². The van der Waals surface area contributed by atoms with Crippen LogP contribution in [-0.4, -0.2) is 33.0 Å². The fourth-order valence-corrected chi connectivity index (χ4v) is 3.12. The molecule has 11 heteroatoms. The van der Waals surface area contributed by atoms with Crippen molar-refractivity contribution in [2.45, 2.75) is 17.7 Å². The number of esters is 1. The second-order valence-corrected chi connectivity index (χ2v) is 7.85. The number of benzene rings is 2. The lowest BCUT2D eigenvalue weighted by Gasteiger charge is -2.17. The molecule has 0 aromatic heterocycles. The van der Waals surface area contributed by atoms with E-state index in [1.165, 1.54) is 6.92 Å². The number of ether oxygens (including phenoxy) is 1. The molecule has 0 aliphatic heterocycles. The third kappa shape index (κ3) is 4.29. The van der Waals surface area contributed by atoms with Gasteiger partial charge in [0.2, 0.25) is 5.82 Å². The van der Waals surface area contributed by atoms with Gasteiger partial charge in [0.05, 0.1) is 17.1 Å². The Balaban J connectivity index is 2.67. The molecule has 2 aromatic carbocycles. The van der Waals surface area contributed by atoms with E-state index in [2.05, 4.69) is 4.74 Å². The Morgan fingerprint density at radius 3 is 1.76 bits per heavy atom. The predicted molar refractivity (Wildman–Crippen MR) is 89.5 cm³/mol. The Hall–Kier alpha value is -2.82. The first-order valence-corrected chi connectivity index (χ1v) is 9.83. The summed E-state index contributed by atoms with van der Waals surface area (Å²) in [5.41, 5.74) is -2.06. The van der Waals surface area contributed by atoms with Gasteiger partial charge in [-0.25, -0.2) is 30.4 Å². The standard InChI is InChI=1S/C18H13F5O5S/c1-3-28-18(25)11(10-12(19)14(21)16(23)15(22)13(10)20)17(24)8-4-6-9(7-5-8)29(2,26)27/h4-7,11H,3H2,1-2H3. The highest BCUT2D eigenvalue weighted by molar-refractivity contribution is 7.90. The molecule has 0 saturated heterocycles. The van der Waals surface area contributed by atoms with Crippen LogP contribution in [0.2, 0.25) is 0 Å². The summed E-state index contributed by atoms with van der Waals surface area (Å²) in [4.78, 5) is 24.7. The zero-order chi connectivity index (χ0) is 22.1. The molecule has 0 aliphatic carbocycles. The summed E-state index contributed by atoms with van der Waals surface area (Å²) in [6.45, 7) is 0.962. The van der Waals surface area contributed by atoms with Crippen LogP contribution in [0.5, 0.6) is 0 Å². The van der Waals surface area contributed by atoms with Crippen molar-refractivity contribution in [1.82, 2.24) is 0 Å². The fourth-order valence-electron chi connectivity index (χ4n) is 2.49. The molecular formula is C18H13F5O5S. The summed E-state index contributed by atoms with van der Waals surface area (Å²) in [7, 11) is -3.64. The van der Waals surface area contributed by atoms with Gasteiger partial charge in [-0.1, -0.05) is 12.1 Å². The first-order valence-electron chi connectivity index (χ1n) is 7.94. The van der Waals surface area contributed by atoms with Crippen molar-refractivity contribution in [3.05, 3.63) is 64.5 Å². The van der Waals surface area contributed by atoms with Crippen LogP contribution in [0.3, 0.4) is 0 Å². The van der Waals surface area contributed by atoms with E-state index in [4.69, 9.17) is 0 Å². The third-order valence-corrected chi connectivity index (χ3v) is 5.01. The Morgan fingerprint density at radius 2 is 1.34 bits per heavy atom. The molecule has 2 aromatic rings. The number of carbonyl (C=O) groups is 2. The molecule has 1 unspecified atom stereocenters. The summed E-state index contributed by atoms with van der Waals surface area (Å²) in [5, 5.41) is 0. The summed E-state index contributed by atoms with van der Waals surface area (Å²) < 4.78 is 96.4. The summed E-state index contributed by atoms with van der Waals surface area (Å²) in [5.74, 6) is -17.2. The number of hydrogen-bond acceptors (Lipinski definition) is 5. The van der Waals surface area contributed by atoms with E-state index >= 15 is 0 Å². The van der Waals surface area contributed by atoms with Crippen LogP contribution in [0.4, 0.5) is 22.0 Å². The quantitative estimate of drug-likeness (QED) is 0.173. The molecular weight excluding hydrogens is 423 g/mol. The number of carbonyl (C=O) groups excluding carboxylic acids is 2. The van der Waals surface area contributed by atoms with Crippen LogP contribution in [0, 0.1) is 29.1 Å². The lowest BCUT2D eigenvalue weighted by Crippen LogP contribution is -2.28. The van der Waals surface area contributed by atoms with E-state index in [1.807, 2.05) is 0 Å².